The molecule has 0 saturated heterocycles. The summed E-state index contributed by atoms with van der Waals surface area (Å²) in [6.07, 6.45) is 14.6. The van der Waals surface area contributed by atoms with Crippen molar-refractivity contribution in [3.63, 3.8) is 0 Å². The van der Waals surface area contributed by atoms with Crippen molar-refractivity contribution in [1.82, 2.24) is 4.90 Å². The standard InChI is InChI=1S/C36H51NO2S3Si/c1-6-11-14-15-19-37-35(38)27-22-41-32(31(27)36(37)39)28-21-30-34(42-28)33-29(18-20-40-33)43(30,23-25(9-4)16-12-7-2)24-26(10-5)17-13-8-3/h18,20-22,25-26H,6-17,19,23-24H2,1-5H3. The maximum Gasteiger partial charge on any atom is 0.263 e. The minimum absolute atomic E-state index is 0.0714. The Morgan fingerprint density at radius 3 is 2.05 bits per heavy atom. The topological polar surface area (TPSA) is 37.4 Å². The van der Waals surface area contributed by atoms with E-state index in [1.54, 1.807) is 21.7 Å². The average Bonchev–Trinajstić information content (AvgIpc) is 3.82. The average molecular weight is 654 g/mol. The molecule has 0 spiro atoms. The van der Waals surface area contributed by atoms with Gasteiger partial charge in [0.25, 0.3) is 11.8 Å². The van der Waals surface area contributed by atoms with E-state index in [0.29, 0.717) is 17.7 Å². The van der Waals surface area contributed by atoms with Crippen molar-refractivity contribution in [2.45, 2.75) is 124 Å². The van der Waals surface area contributed by atoms with Crippen molar-refractivity contribution in [2.24, 2.45) is 11.8 Å². The van der Waals surface area contributed by atoms with Gasteiger partial charge in [-0.25, -0.2) is 0 Å². The second-order valence-corrected chi connectivity index (χ2v) is 19.9. The molecule has 0 aromatic carbocycles. The SMILES string of the molecule is CCCCCCN1C(=O)c2csc(-c3cc4c(s3)-c3sccc3[Si]4(CC(CC)CCCC)CC(CC)CCCC)c2C1=O. The molecule has 7 heteroatoms. The number of hydrogen-bond donors (Lipinski definition) is 0. The van der Waals surface area contributed by atoms with Crippen LogP contribution in [0.5, 0.6) is 0 Å². The maximum absolute atomic E-state index is 13.7. The lowest BCUT2D eigenvalue weighted by atomic mass is 10.0. The van der Waals surface area contributed by atoms with Crippen LogP contribution in [-0.2, 0) is 0 Å². The molecule has 2 aliphatic heterocycles. The molecule has 5 rings (SSSR count). The molecule has 2 amide bonds. The summed E-state index contributed by atoms with van der Waals surface area (Å²) in [7, 11) is -2.01. The van der Waals surface area contributed by atoms with Gasteiger partial charge >= 0.3 is 0 Å². The summed E-state index contributed by atoms with van der Waals surface area (Å²) in [6.45, 7) is 12.2. The third-order valence-electron chi connectivity index (χ3n) is 10.2. The molecule has 234 valence electrons. The van der Waals surface area contributed by atoms with Crippen LogP contribution < -0.4 is 10.4 Å². The Balaban J connectivity index is 1.54. The third kappa shape index (κ3) is 6.30. The van der Waals surface area contributed by atoms with Crippen LogP contribution in [0.15, 0.2) is 22.9 Å². The first-order valence-electron chi connectivity index (χ1n) is 17.1. The zero-order valence-corrected chi connectivity index (χ0v) is 30.5. The number of carbonyl (C=O) groups excluding carboxylic acids is 2. The first kappa shape index (κ1) is 32.8. The van der Waals surface area contributed by atoms with Crippen LogP contribution in [0.2, 0.25) is 12.1 Å². The van der Waals surface area contributed by atoms with Crippen LogP contribution in [0, 0.1) is 11.8 Å². The Morgan fingerprint density at radius 1 is 0.744 bits per heavy atom. The summed E-state index contributed by atoms with van der Waals surface area (Å²) >= 11 is 5.44. The Hall–Kier alpha value is -1.54. The van der Waals surface area contributed by atoms with Gasteiger partial charge in [0.1, 0.15) is 8.07 Å². The van der Waals surface area contributed by atoms with Gasteiger partial charge in [0.05, 0.1) is 16.0 Å². The van der Waals surface area contributed by atoms with Crippen molar-refractivity contribution in [2.75, 3.05) is 6.54 Å². The molecule has 0 N–H and O–H groups in total. The largest absolute Gasteiger partial charge is 0.274 e. The normalized spacial score (nSPS) is 18.8. The van der Waals surface area contributed by atoms with Crippen molar-refractivity contribution >= 4 is 64.3 Å². The summed E-state index contributed by atoms with van der Waals surface area (Å²) in [4.78, 5) is 33.7. The number of fused-ring (bicyclic) bond motifs is 4. The fourth-order valence-corrected chi connectivity index (χ4v) is 19.0. The lowest BCUT2D eigenvalue weighted by Gasteiger charge is -2.35. The monoisotopic (exact) mass is 653 g/mol. The number of amides is 2. The van der Waals surface area contributed by atoms with Gasteiger partial charge in [0, 0.05) is 26.6 Å². The van der Waals surface area contributed by atoms with E-state index in [1.165, 1.54) is 83.0 Å². The molecule has 3 nitrogen and oxygen atoms in total. The van der Waals surface area contributed by atoms with E-state index in [-0.39, 0.29) is 11.8 Å². The van der Waals surface area contributed by atoms with Crippen LogP contribution >= 0.6 is 34.0 Å². The molecule has 3 aromatic rings. The van der Waals surface area contributed by atoms with Crippen LogP contribution in [0.1, 0.15) is 132 Å². The molecule has 2 atom stereocenters. The Labute approximate surface area is 273 Å². The molecule has 2 unspecified atom stereocenters. The van der Waals surface area contributed by atoms with Crippen LogP contribution in [0.3, 0.4) is 0 Å². The lowest BCUT2D eigenvalue weighted by Crippen LogP contribution is -2.56. The van der Waals surface area contributed by atoms with E-state index in [2.05, 4.69) is 52.1 Å². The molecule has 0 saturated carbocycles. The van der Waals surface area contributed by atoms with Crippen molar-refractivity contribution in [1.29, 1.82) is 0 Å². The summed E-state index contributed by atoms with van der Waals surface area (Å²) in [5, 5.41) is 7.65. The quantitative estimate of drug-likeness (QED) is 0.0778. The summed E-state index contributed by atoms with van der Waals surface area (Å²) in [6, 6.07) is 7.72. The number of rotatable bonds is 18. The fourth-order valence-electron chi connectivity index (χ4n) is 7.61. The lowest BCUT2D eigenvalue weighted by molar-refractivity contribution is 0.0651. The third-order valence-corrected chi connectivity index (χ3v) is 19.3. The minimum atomic E-state index is -2.01. The maximum atomic E-state index is 13.7. The van der Waals surface area contributed by atoms with E-state index < -0.39 is 8.07 Å². The number of hydrogen-bond acceptors (Lipinski definition) is 5. The molecule has 0 fully saturated rings. The Morgan fingerprint density at radius 2 is 1.42 bits per heavy atom. The minimum Gasteiger partial charge on any atom is -0.274 e. The molecule has 2 aliphatic rings. The predicted molar refractivity (Wildman–Crippen MR) is 192 cm³/mol. The van der Waals surface area contributed by atoms with Crippen molar-refractivity contribution < 1.29 is 9.59 Å². The van der Waals surface area contributed by atoms with E-state index in [1.807, 2.05) is 28.1 Å². The first-order valence-corrected chi connectivity index (χ1v) is 22.1. The number of imide groups is 1. The molecular formula is C36H51NO2S3Si. The van der Waals surface area contributed by atoms with Crippen molar-refractivity contribution in [3.05, 3.63) is 34.0 Å². The predicted octanol–water partition coefficient (Wildman–Crippen LogP) is 10.7. The second-order valence-electron chi connectivity index (χ2n) is 13.0. The van der Waals surface area contributed by atoms with E-state index in [9.17, 15) is 9.59 Å². The van der Waals surface area contributed by atoms with Crippen LogP contribution in [0.25, 0.3) is 19.5 Å². The van der Waals surface area contributed by atoms with Crippen LogP contribution in [-0.4, -0.2) is 31.3 Å². The smallest absolute Gasteiger partial charge is 0.263 e. The van der Waals surface area contributed by atoms with Gasteiger partial charge in [-0.1, -0.05) is 111 Å². The fraction of sp³-hybridized carbons (Fsp3) is 0.611. The molecule has 43 heavy (non-hydrogen) atoms. The number of thiophene rings is 3. The zero-order chi connectivity index (χ0) is 30.6. The van der Waals surface area contributed by atoms with Crippen LogP contribution in [0.4, 0.5) is 0 Å². The summed E-state index contributed by atoms with van der Waals surface area (Å²) in [5.41, 5.74) is 1.30. The number of nitrogens with zero attached hydrogens (tertiary/aromatic N) is 1. The molecular weight excluding hydrogens is 603 g/mol. The molecule has 3 aromatic heterocycles. The van der Waals surface area contributed by atoms with Gasteiger partial charge in [0.15, 0.2) is 0 Å². The first-order chi connectivity index (χ1) is 20.9. The number of unbranched alkanes of at least 4 members (excludes halogenated alkanes) is 5. The zero-order valence-electron chi connectivity index (χ0n) is 27.1. The van der Waals surface area contributed by atoms with Gasteiger partial charge in [-0.05, 0) is 52.2 Å². The van der Waals surface area contributed by atoms with E-state index >= 15 is 0 Å². The highest BCUT2D eigenvalue weighted by molar-refractivity contribution is 7.31. The molecule has 5 heterocycles. The Kier molecular flexibility index (Phi) is 11.2. The van der Waals surface area contributed by atoms with E-state index in [4.69, 9.17) is 0 Å². The second kappa shape index (κ2) is 14.7. The highest BCUT2D eigenvalue weighted by atomic mass is 32.1. The van der Waals surface area contributed by atoms with Gasteiger partial charge < -0.3 is 0 Å². The van der Waals surface area contributed by atoms with Gasteiger partial charge in [0.2, 0.25) is 0 Å². The number of carbonyl (C=O) groups is 2. The summed E-state index contributed by atoms with van der Waals surface area (Å²) in [5.74, 6) is 1.38. The highest BCUT2D eigenvalue weighted by Gasteiger charge is 2.50. The van der Waals surface area contributed by atoms with Gasteiger partial charge in [-0.2, -0.15) is 0 Å². The Bertz CT molecular complexity index is 1380. The van der Waals surface area contributed by atoms with E-state index in [0.717, 1.165) is 42.4 Å². The van der Waals surface area contributed by atoms with Gasteiger partial charge in [-0.15, -0.1) is 34.0 Å². The molecule has 0 radical (unpaired) electrons. The highest BCUT2D eigenvalue weighted by Crippen LogP contribution is 2.48. The van der Waals surface area contributed by atoms with Crippen molar-refractivity contribution in [3.8, 4) is 19.5 Å². The summed E-state index contributed by atoms with van der Waals surface area (Å²) < 4.78 is 0. The molecule has 0 aliphatic carbocycles. The molecule has 0 bridgehead atoms. The van der Waals surface area contributed by atoms with Gasteiger partial charge in [-0.3, -0.25) is 14.5 Å².